The van der Waals surface area contributed by atoms with Gasteiger partial charge in [0.15, 0.2) is 0 Å². The summed E-state index contributed by atoms with van der Waals surface area (Å²) in [6, 6.07) is 5.69. The molecule has 0 fully saturated rings. The molecule has 0 aliphatic carbocycles. The van der Waals surface area contributed by atoms with E-state index in [0.29, 0.717) is 5.69 Å². The third-order valence-electron chi connectivity index (χ3n) is 1.71. The molecule has 0 heterocycles. The number of hydrogen-bond donors (Lipinski definition) is 2. The van der Waals surface area contributed by atoms with E-state index >= 15 is 0 Å². The molecule has 0 amide bonds. The van der Waals surface area contributed by atoms with E-state index in [1.165, 1.54) is 31.3 Å². The minimum absolute atomic E-state index is 0.144. The predicted molar refractivity (Wildman–Crippen MR) is 52.6 cm³/mol. The smallest absolute Gasteiger partial charge is 0.335 e. The van der Waals surface area contributed by atoms with Crippen LogP contribution >= 0.6 is 0 Å². The van der Waals surface area contributed by atoms with Gasteiger partial charge in [-0.2, -0.15) is 0 Å². The lowest BCUT2D eigenvalue weighted by atomic mass is 10.2. The molecule has 0 bridgehead atoms. The van der Waals surface area contributed by atoms with E-state index in [4.69, 9.17) is 9.66 Å². The van der Waals surface area contributed by atoms with Crippen LogP contribution in [-0.4, -0.2) is 26.9 Å². The van der Waals surface area contributed by atoms with Gasteiger partial charge in [-0.3, -0.25) is 8.86 Å². The summed E-state index contributed by atoms with van der Waals surface area (Å²) in [5.74, 6) is -1.02. The number of carboxylic acids is 1. The fourth-order valence-electron chi connectivity index (χ4n) is 0.904. The minimum Gasteiger partial charge on any atom is -0.478 e. The highest BCUT2D eigenvalue weighted by molar-refractivity contribution is 7.80. The topological polar surface area (TPSA) is 77.8 Å². The van der Waals surface area contributed by atoms with E-state index in [2.05, 4.69) is 0 Å². The molecule has 14 heavy (non-hydrogen) atoms. The Balaban J connectivity index is 2.94. The van der Waals surface area contributed by atoms with Crippen molar-refractivity contribution < 1.29 is 18.7 Å². The Morgan fingerprint density at radius 1 is 1.36 bits per heavy atom. The Morgan fingerprint density at radius 3 is 2.21 bits per heavy atom. The first-order valence-corrected chi connectivity index (χ1v) is 4.77. The second kappa shape index (κ2) is 4.21. The Bertz CT molecular complexity index is 362. The van der Waals surface area contributed by atoms with E-state index in [1.807, 2.05) is 0 Å². The quantitative estimate of drug-likeness (QED) is 0.736. The summed E-state index contributed by atoms with van der Waals surface area (Å²) in [6.07, 6.45) is 0. The monoisotopic (exact) mass is 215 g/mol. The van der Waals surface area contributed by atoms with Gasteiger partial charge in [0.2, 0.25) is 0 Å². The lowest BCUT2D eigenvalue weighted by Crippen LogP contribution is -2.19. The Kier molecular flexibility index (Phi) is 3.21. The molecule has 0 saturated heterocycles. The molecular weight excluding hydrogens is 206 g/mol. The normalized spacial score (nSPS) is 12.1. The Morgan fingerprint density at radius 2 is 1.86 bits per heavy atom. The number of carboxylic acid groups (broad SMARTS) is 1. The molecule has 0 aliphatic rings. The molecule has 2 N–H and O–H groups in total. The third kappa shape index (κ3) is 2.30. The molecule has 5 nitrogen and oxygen atoms in total. The highest BCUT2D eigenvalue weighted by Crippen LogP contribution is 2.14. The van der Waals surface area contributed by atoms with Gasteiger partial charge >= 0.3 is 5.97 Å². The number of benzene rings is 1. The summed E-state index contributed by atoms with van der Waals surface area (Å²) in [5, 5.41) is 8.60. The summed E-state index contributed by atoms with van der Waals surface area (Å²) in [6.45, 7) is 0. The highest BCUT2D eigenvalue weighted by atomic mass is 32.2. The molecule has 1 unspecified atom stereocenters. The van der Waals surface area contributed by atoms with Crippen LogP contribution in [-0.2, 0) is 11.3 Å². The zero-order valence-corrected chi connectivity index (χ0v) is 8.19. The average molecular weight is 215 g/mol. The van der Waals surface area contributed by atoms with Crippen LogP contribution in [0.4, 0.5) is 5.69 Å². The minimum atomic E-state index is -2.09. The number of hydrogen-bond acceptors (Lipinski definition) is 2. The van der Waals surface area contributed by atoms with E-state index in [-0.39, 0.29) is 5.56 Å². The van der Waals surface area contributed by atoms with Crippen molar-refractivity contribution >= 4 is 22.9 Å². The molecule has 0 aliphatic heterocycles. The molecule has 76 valence electrons. The molecule has 0 radical (unpaired) electrons. The second-order valence-corrected chi connectivity index (χ2v) is 3.59. The summed E-state index contributed by atoms with van der Waals surface area (Å²) in [7, 11) is 1.44. The molecule has 1 rings (SSSR count). The maximum absolute atomic E-state index is 10.6. The van der Waals surface area contributed by atoms with E-state index < -0.39 is 17.2 Å². The maximum Gasteiger partial charge on any atom is 0.335 e. The van der Waals surface area contributed by atoms with Gasteiger partial charge < -0.3 is 5.11 Å². The van der Waals surface area contributed by atoms with Gasteiger partial charge in [-0.05, 0) is 24.3 Å². The zero-order valence-electron chi connectivity index (χ0n) is 7.38. The molecule has 0 spiro atoms. The van der Waals surface area contributed by atoms with Gasteiger partial charge in [-0.15, -0.1) is 0 Å². The largest absolute Gasteiger partial charge is 0.478 e. The van der Waals surface area contributed by atoms with Crippen molar-refractivity contribution in [1.82, 2.24) is 0 Å². The van der Waals surface area contributed by atoms with Crippen LogP contribution in [0.3, 0.4) is 0 Å². The van der Waals surface area contributed by atoms with Crippen molar-refractivity contribution in [3.05, 3.63) is 29.8 Å². The Hall–Kier alpha value is -1.40. The van der Waals surface area contributed by atoms with Crippen LogP contribution in [0.2, 0.25) is 0 Å². The van der Waals surface area contributed by atoms with Gasteiger partial charge in [0, 0.05) is 7.05 Å². The molecule has 1 atom stereocenters. The number of aromatic carboxylic acids is 1. The van der Waals surface area contributed by atoms with Crippen molar-refractivity contribution in [2.24, 2.45) is 0 Å². The van der Waals surface area contributed by atoms with Crippen LogP contribution in [0, 0.1) is 0 Å². The summed E-state index contributed by atoms with van der Waals surface area (Å²) < 4.78 is 20.5. The SMILES string of the molecule is CN(c1ccc(C(=O)O)cc1)S(=O)O. The number of nitrogens with zero attached hydrogens (tertiary/aromatic N) is 1. The highest BCUT2D eigenvalue weighted by Gasteiger charge is 2.07. The van der Waals surface area contributed by atoms with Gasteiger partial charge in [-0.1, -0.05) is 0 Å². The van der Waals surface area contributed by atoms with Crippen molar-refractivity contribution in [2.45, 2.75) is 0 Å². The van der Waals surface area contributed by atoms with Crippen molar-refractivity contribution in [3.8, 4) is 0 Å². The molecule has 1 aromatic rings. The fraction of sp³-hybridized carbons (Fsp3) is 0.125. The van der Waals surface area contributed by atoms with E-state index in [0.717, 1.165) is 4.31 Å². The maximum atomic E-state index is 10.6. The van der Waals surface area contributed by atoms with E-state index in [1.54, 1.807) is 0 Å². The lowest BCUT2D eigenvalue weighted by Gasteiger charge is -2.13. The molecule has 0 saturated carbocycles. The molecule has 1 aromatic carbocycles. The molecule has 0 aromatic heterocycles. The van der Waals surface area contributed by atoms with Crippen molar-refractivity contribution in [2.75, 3.05) is 11.4 Å². The average Bonchev–Trinajstić information content (AvgIpc) is 2.16. The van der Waals surface area contributed by atoms with Gasteiger partial charge in [0.25, 0.3) is 11.3 Å². The van der Waals surface area contributed by atoms with Crippen LogP contribution in [0.15, 0.2) is 24.3 Å². The van der Waals surface area contributed by atoms with Crippen LogP contribution < -0.4 is 4.31 Å². The zero-order chi connectivity index (χ0) is 10.7. The van der Waals surface area contributed by atoms with Gasteiger partial charge in [0.1, 0.15) is 0 Å². The van der Waals surface area contributed by atoms with Crippen molar-refractivity contribution in [3.63, 3.8) is 0 Å². The Labute approximate surface area is 83.4 Å². The van der Waals surface area contributed by atoms with Crippen LogP contribution in [0.5, 0.6) is 0 Å². The summed E-state index contributed by atoms with van der Waals surface area (Å²) in [4.78, 5) is 10.5. The summed E-state index contributed by atoms with van der Waals surface area (Å²) in [5.41, 5.74) is 0.627. The predicted octanol–water partition coefficient (Wildman–Crippen LogP) is 0.958. The number of anilines is 1. The van der Waals surface area contributed by atoms with Gasteiger partial charge in [-0.25, -0.2) is 9.00 Å². The standard InChI is InChI=1S/C8H9NO4S/c1-9(14(12)13)7-4-2-6(3-5-7)8(10)11/h2-5H,1H3,(H,10,11)(H,12,13). The van der Waals surface area contributed by atoms with Crippen LogP contribution in [0.25, 0.3) is 0 Å². The number of carbonyl (C=O) groups is 1. The van der Waals surface area contributed by atoms with Gasteiger partial charge in [0.05, 0.1) is 11.3 Å². The van der Waals surface area contributed by atoms with Crippen LogP contribution in [0.1, 0.15) is 10.4 Å². The second-order valence-electron chi connectivity index (χ2n) is 2.58. The first-order chi connectivity index (χ1) is 6.52. The first kappa shape index (κ1) is 10.7. The lowest BCUT2D eigenvalue weighted by molar-refractivity contribution is 0.0697. The fourth-order valence-corrected chi connectivity index (χ4v) is 1.21. The molecular formula is C8H9NO4S. The number of rotatable bonds is 3. The first-order valence-electron chi connectivity index (χ1n) is 3.70. The van der Waals surface area contributed by atoms with E-state index in [9.17, 15) is 9.00 Å². The summed E-state index contributed by atoms with van der Waals surface area (Å²) >= 11 is -2.09. The molecule has 6 heteroatoms. The third-order valence-corrected chi connectivity index (χ3v) is 2.39. The van der Waals surface area contributed by atoms with Crippen molar-refractivity contribution in [1.29, 1.82) is 0 Å².